The lowest BCUT2D eigenvalue weighted by Gasteiger charge is -2.30. The standard InChI is InChI=1S/C27H36ClNO5S/c1-26(2,3)34-25(31)29-27(4,16-30)13-12-19-8-10-21(15-22(19)28)35-24-14-20(18-6-7-18)9-11-23(24)33-17-32-5/h8-11,14-15,18,30H,6-7,12-13,16-17H2,1-5H3,(H,29,31). The Labute approximate surface area is 217 Å². The van der Waals surface area contributed by atoms with Crippen LogP contribution in [0.25, 0.3) is 0 Å². The number of benzene rings is 2. The molecule has 1 aliphatic rings. The molecule has 1 atom stereocenters. The summed E-state index contributed by atoms with van der Waals surface area (Å²) in [4.78, 5) is 14.2. The number of nitrogens with one attached hydrogen (secondary N) is 1. The first kappa shape index (κ1) is 27.7. The quantitative estimate of drug-likeness (QED) is 0.326. The van der Waals surface area contributed by atoms with Crippen LogP contribution in [0.4, 0.5) is 4.79 Å². The summed E-state index contributed by atoms with van der Waals surface area (Å²) in [7, 11) is 1.61. The van der Waals surface area contributed by atoms with E-state index in [1.165, 1.54) is 18.4 Å². The highest BCUT2D eigenvalue weighted by molar-refractivity contribution is 7.99. The van der Waals surface area contributed by atoms with Crippen molar-refractivity contribution in [2.24, 2.45) is 0 Å². The fourth-order valence-electron chi connectivity index (χ4n) is 3.58. The van der Waals surface area contributed by atoms with Crippen LogP contribution in [0.3, 0.4) is 0 Å². The van der Waals surface area contributed by atoms with Crippen LogP contribution in [0.5, 0.6) is 5.75 Å². The normalized spacial score (nSPS) is 15.4. The molecule has 1 unspecified atom stereocenters. The maximum Gasteiger partial charge on any atom is 0.408 e. The molecule has 2 aromatic carbocycles. The Balaban J connectivity index is 1.67. The molecule has 0 radical (unpaired) electrons. The fraction of sp³-hybridized carbons (Fsp3) is 0.519. The van der Waals surface area contributed by atoms with Gasteiger partial charge in [0.15, 0.2) is 6.79 Å². The Morgan fingerprint density at radius 1 is 1.17 bits per heavy atom. The van der Waals surface area contributed by atoms with Crippen molar-refractivity contribution in [3.8, 4) is 5.75 Å². The summed E-state index contributed by atoms with van der Waals surface area (Å²) in [6, 6.07) is 12.3. The van der Waals surface area contributed by atoms with Gasteiger partial charge in [-0.25, -0.2) is 4.79 Å². The average Bonchev–Trinajstić information content (AvgIpc) is 3.62. The number of methoxy groups -OCH3 is 1. The maximum atomic E-state index is 12.2. The number of carbonyl (C=O) groups is 1. The third-order valence-corrected chi connectivity index (χ3v) is 7.08. The van der Waals surface area contributed by atoms with E-state index >= 15 is 0 Å². The van der Waals surface area contributed by atoms with Gasteiger partial charge in [0.1, 0.15) is 11.4 Å². The predicted octanol–water partition coefficient (Wildman–Crippen LogP) is 6.56. The van der Waals surface area contributed by atoms with Gasteiger partial charge in [-0.05, 0) is 94.7 Å². The van der Waals surface area contributed by atoms with Crippen molar-refractivity contribution < 1.29 is 24.1 Å². The van der Waals surface area contributed by atoms with E-state index in [2.05, 4.69) is 17.4 Å². The lowest BCUT2D eigenvalue weighted by Crippen LogP contribution is -2.50. The van der Waals surface area contributed by atoms with E-state index < -0.39 is 17.2 Å². The van der Waals surface area contributed by atoms with Gasteiger partial charge >= 0.3 is 6.09 Å². The molecule has 1 fully saturated rings. The van der Waals surface area contributed by atoms with Gasteiger partial charge in [0, 0.05) is 17.0 Å². The minimum absolute atomic E-state index is 0.191. The zero-order chi connectivity index (χ0) is 25.6. The number of rotatable bonds is 11. The number of amides is 1. The molecule has 2 N–H and O–H groups in total. The highest BCUT2D eigenvalue weighted by atomic mass is 35.5. The van der Waals surface area contributed by atoms with Gasteiger partial charge in [-0.1, -0.05) is 35.5 Å². The number of halogens is 1. The van der Waals surface area contributed by atoms with E-state index in [-0.39, 0.29) is 13.4 Å². The predicted molar refractivity (Wildman–Crippen MR) is 140 cm³/mol. The molecule has 1 saturated carbocycles. The first-order valence-electron chi connectivity index (χ1n) is 11.9. The molecule has 192 valence electrons. The van der Waals surface area contributed by atoms with Crippen molar-refractivity contribution in [2.45, 2.75) is 80.2 Å². The molecule has 1 aliphatic carbocycles. The number of ether oxygens (including phenoxy) is 3. The summed E-state index contributed by atoms with van der Waals surface area (Å²) in [5.41, 5.74) is 0.852. The number of carbonyl (C=O) groups excluding carboxylic acids is 1. The molecule has 0 aromatic heterocycles. The van der Waals surface area contributed by atoms with Crippen LogP contribution in [-0.4, -0.2) is 42.8 Å². The summed E-state index contributed by atoms with van der Waals surface area (Å²) in [6.45, 7) is 7.19. The van der Waals surface area contributed by atoms with Crippen LogP contribution in [0, 0.1) is 0 Å². The second-order valence-corrected chi connectivity index (χ2v) is 11.8. The first-order chi connectivity index (χ1) is 16.5. The zero-order valence-corrected chi connectivity index (χ0v) is 22.7. The molecular weight excluding hydrogens is 486 g/mol. The molecular formula is C27H36ClNO5S. The first-order valence-corrected chi connectivity index (χ1v) is 13.1. The third-order valence-electron chi connectivity index (χ3n) is 5.70. The van der Waals surface area contributed by atoms with E-state index in [0.29, 0.717) is 23.8 Å². The van der Waals surface area contributed by atoms with E-state index in [9.17, 15) is 9.90 Å². The highest BCUT2D eigenvalue weighted by Gasteiger charge is 2.28. The van der Waals surface area contributed by atoms with Gasteiger partial charge in [-0.2, -0.15) is 0 Å². The number of hydrogen-bond donors (Lipinski definition) is 2. The summed E-state index contributed by atoms with van der Waals surface area (Å²) in [5.74, 6) is 1.43. The molecule has 8 heteroatoms. The van der Waals surface area contributed by atoms with Gasteiger partial charge in [0.05, 0.1) is 17.0 Å². The monoisotopic (exact) mass is 521 g/mol. The Morgan fingerprint density at radius 3 is 2.51 bits per heavy atom. The number of aryl methyl sites for hydroxylation is 1. The Kier molecular flexibility index (Phi) is 9.38. The SMILES string of the molecule is COCOc1ccc(C2CC2)cc1Sc1ccc(CCC(C)(CO)NC(=O)OC(C)(C)C)c(Cl)c1. The van der Waals surface area contributed by atoms with E-state index in [4.69, 9.17) is 25.8 Å². The van der Waals surface area contributed by atoms with Crippen LogP contribution in [0.15, 0.2) is 46.2 Å². The molecule has 35 heavy (non-hydrogen) atoms. The fourth-order valence-corrected chi connectivity index (χ4v) is 4.91. The van der Waals surface area contributed by atoms with E-state index in [1.807, 2.05) is 24.3 Å². The maximum absolute atomic E-state index is 12.2. The number of aliphatic hydroxyl groups is 1. The minimum atomic E-state index is -0.823. The van der Waals surface area contributed by atoms with Gasteiger partial charge in [0.25, 0.3) is 0 Å². The average molecular weight is 522 g/mol. The molecule has 0 spiro atoms. The molecule has 6 nitrogen and oxygen atoms in total. The molecule has 0 bridgehead atoms. The smallest absolute Gasteiger partial charge is 0.408 e. The van der Waals surface area contributed by atoms with Crippen LogP contribution < -0.4 is 10.1 Å². The second kappa shape index (κ2) is 11.9. The molecule has 0 saturated heterocycles. The molecule has 2 aromatic rings. The Hall–Kier alpha value is -1.93. The van der Waals surface area contributed by atoms with Crippen molar-refractivity contribution in [1.29, 1.82) is 0 Å². The minimum Gasteiger partial charge on any atom is -0.466 e. The summed E-state index contributed by atoms with van der Waals surface area (Å²) in [5, 5.41) is 13.4. The molecule has 0 heterocycles. The van der Waals surface area contributed by atoms with Crippen LogP contribution >= 0.6 is 23.4 Å². The van der Waals surface area contributed by atoms with Crippen LogP contribution in [0.2, 0.25) is 5.02 Å². The molecule has 0 aliphatic heterocycles. The molecule has 3 rings (SSSR count). The van der Waals surface area contributed by atoms with Gasteiger partial charge in [-0.3, -0.25) is 0 Å². The number of alkyl carbamates (subject to hydrolysis) is 1. The van der Waals surface area contributed by atoms with Crippen molar-refractivity contribution in [3.63, 3.8) is 0 Å². The number of aliphatic hydroxyl groups excluding tert-OH is 1. The van der Waals surface area contributed by atoms with Gasteiger partial charge in [0.2, 0.25) is 0 Å². The lowest BCUT2D eigenvalue weighted by atomic mass is 9.94. The van der Waals surface area contributed by atoms with Crippen LogP contribution in [0.1, 0.15) is 64.0 Å². The molecule has 1 amide bonds. The van der Waals surface area contributed by atoms with Gasteiger partial charge in [-0.15, -0.1) is 0 Å². The zero-order valence-electron chi connectivity index (χ0n) is 21.2. The van der Waals surface area contributed by atoms with Crippen LogP contribution in [-0.2, 0) is 15.9 Å². The van der Waals surface area contributed by atoms with E-state index in [0.717, 1.165) is 21.1 Å². The lowest BCUT2D eigenvalue weighted by molar-refractivity contribution is 0.0406. The van der Waals surface area contributed by atoms with Crippen molar-refractivity contribution >= 4 is 29.5 Å². The summed E-state index contributed by atoms with van der Waals surface area (Å²) in [6.07, 6.45) is 3.02. The van der Waals surface area contributed by atoms with Gasteiger partial charge < -0.3 is 24.6 Å². The Morgan fingerprint density at radius 2 is 1.91 bits per heavy atom. The highest BCUT2D eigenvalue weighted by Crippen LogP contribution is 2.44. The summed E-state index contributed by atoms with van der Waals surface area (Å²) < 4.78 is 16.2. The largest absolute Gasteiger partial charge is 0.466 e. The van der Waals surface area contributed by atoms with Crippen molar-refractivity contribution in [2.75, 3.05) is 20.5 Å². The summed E-state index contributed by atoms with van der Waals surface area (Å²) >= 11 is 8.25. The third kappa shape index (κ3) is 8.60. The van der Waals surface area contributed by atoms with Crippen molar-refractivity contribution in [1.82, 2.24) is 5.32 Å². The second-order valence-electron chi connectivity index (χ2n) is 10.2. The van der Waals surface area contributed by atoms with Crippen molar-refractivity contribution in [3.05, 3.63) is 52.5 Å². The topological polar surface area (TPSA) is 77.0 Å². The Bertz CT molecular complexity index is 1020. The number of hydrogen-bond acceptors (Lipinski definition) is 6. The van der Waals surface area contributed by atoms with E-state index in [1.54, 1.807) is 46.6 Å².